The van der Waals surface area contributed by atoms with Gasteiger partial charge in [-0.05, 0) is 13.0 Å². The lowest BCUT2D eigenvalue weighted by Gasteiger charge is -2.48. The number of aryl methyl sites for hydroxylation is 1. The average Bonchev–Trinajstić information content (AvgIpc) is 3.46. The number of carboxylic acid groups (broad SMARTS) is 1. The second-order valence-corrected chi connectivity index (χ2v) is 8.83. The van der Waals surface area contributed by atoms with Crippen molar-refractivity contribution in [2.24, 2.45) is 5.16 Å². The quantitative estimate of drug-likeness (QED) is 0.191. The summed E-state index contributed by atoms with van der Waals surface area (Å²) in [4.78, 5) is 69.8. The fourth-order valence-electron chi connectivity index (χ4n) is 3.14. The van der Waals surface area contributed by atoms with Gasteiger partial charge in [-0.15, -0.1) is 23.1 Å². The van der Waals surface area contributed by atoms with E-state index < -0.39 is 47.6 Å². The molecule has 2 amide bonds. The Morgan fingerprint density at radius 2 is 2.14 bits per heavy atom. The monoisotopic (exact) mass is 524 g/mol. The number of oxime groups is 1. The van der Waals surface area contributed by atoms with Crippen LogP contribution < -0.4 is 11.1 Å². The van der Waals surface area contributed by atoms with Gasteiger partial charge >= 0.3 is 17.8 Å². The highest BCUT2D eigenvalue weighted by Crippen LogP contribution is 2.38. The van der Waals surface area contributed by atoms with Gasteiger partial charge in [-0.25, -0.2) is 19.4 Å². The van der Waals surface area contributed by atoms with Gasteiger partial charge in [-0.1, -0.05) is 5.16 Å². The lowest BCUT2D eigenvalue weighted by Crippen LogP contribution is -2.70. The molecule has 2 N–H and O–H groups in total. The Kier molecular flexibility index (Phi) is 7.02. The van der Waals surface area contributed by atoms with Gasteiger partial charge in [0.2, 0.25) is 6.61 Å². The van der Waals surface area contributed by atoms with E-state index in [-0.39, 0.29) is 35.2 Å². The second-order valence-electron chi connectivity index (χ2n) is 6.96. The number of thioether (sulfide) groups is 1. The summed E-state index contributed by atoms with van der Waals surface area (Å²) < 4.78 is 14.6. The summed E-state index contributed by atoms with van der Waals surface area (Å²) in [5.74, 6) is -3.81. The second kappa shape index (κ2) is 10.1. The summed E-state index contributed by atoms with van der Waals surface area (Å²) >= 11 is 2.49. The number of carbonyl (C=O) groups is 4. The molecule has 0 saturated carbocycles. The number of aromatic nitrogens is 1. The summed E-state index contributed by atoms with van der Waals surface area (Å²) in [7, 11) is 0. The molecule has 2 aliphatic heterocycles. The number of hydrogen-bond donors (Lipinski definition) is 2. The maximum absolute atomic E-state index is 12.8. The molecule has 0 aliphatic carbocycles. The van der Waals surface area contributed by atoms with Crippen LogP contribution in [0.15, 0.2) is 41.4 Å². The SMILES string of the molecule is Cc1oc(=O)oc1COC(=O)C1=CCS[C@@H]2C(NC(=O)C(=NOCC(=O)O)c3cscn3)C(=O)N12. The molecule has 1 unspecified atom stereocenters. The van der Waals surface area contributed by atoms with Crippen molar-refractivity contribution in [2.45, 2.75) is 24.9 Å². The topological polar surface area (TPSA) is 191 Å². The van der Waals surface area contributed by atoms with Crippen LogP contribution in [0.25, 0.3) is 0 Å². The fraction of sp³-hybridized carbons (Fsp3) is 0.316. The lowest BCUT2D eigenvalue weighted by molar-refractivity contribution is -0.153. The van der Waals surface area contributed by atoms with E-state index in [4.69, 9.17) is 18.7 Å². The molecule has 4 rings (SSSR count). The number of nitrogens with zero attached hydrogens (tertiary/aromatic N) is 3. The molecule has 2 aromatic rings. The van der Waals surface area contributed by atoms with E-state index in [1.165, 1.54) is 51.9 Å². The number of carboxylic acids is 1. The van der Waals surface area contributed by atoms with E-state index in [2.05, 4.69) is 20.3 Å². The van der Waals surface area contributed by atoms with Gasteiger partial charge in [0.1, 0.15) is 22.8 Å². The largest absolute Gasteiger partial charge is 0.519 e. The number of β-lactam (4-membered cyclic amide) rings is 1. The van der Waals surface area contributed by atoms with Crippen molar-refractivity contribution in [1.29, 1.82) is 0 Å². The minimum absolute atomic E-state index is 0.00840. The predicted molar refractivity (Wildman–Crippen MR) is 117 cm³/mol. The summed E-state index contributed by atoms with van der Waals surface area (Å²) in [5, 5.41) is 15.7. The van der Waals surface area contributed by atoms with Gasteiger partial charge in [-0.2, -0.15) is 0 Å². The van der Waals surface area contributed by atoms with E-state index in [0.29, 0.717) is 5.75 Å². The fourth-order valence-corrected chi connectivity index (χ4v) is 4.87. The van der Waals surface area contributed by atoms with E-state index in [9.17, 15) is 24.0 Å². The summed E-state index contributed by atoms with van der Waals surface area (Å²) in [6.07, 6.45) is 1.51. The zero-order valence-electron chi connectivity index (χ0n) is 17.8. The first-order valence-electron chi connectivity index (χ1n) is 9.78. The van der Waals surface area contributed by atoms with Gasteiger partial charge < -0.3 is 28.8 Å². The molecular weight excluding hydrogens is 508 g/mol. The number of thiazole rings is 1. The first-order valence-corrected chi connectivity index (χ1v) is 11.8. The molecule has 0 spiro atoms. The van der Waals surface area contributed by atoms with Crippen molar-refractivity contribution in [3.63, 3.8) is 0 Å². The van der Waals surface area contributed by atoms with Crippen LogP contribution >= 0.6 is 23.1 Å². The Labute approximate surface area is 203 Å². The number of fused-ring (bicyclic) bond motifs is 1. The Morgan fingerprint density at radius 1 is 1.34 bits per heavy atom. The molecule has 2 aromatic heterocycles. The summed E-state index contributed by atoms with van der Waals surface area (Å²) in [6, 6.07) is -0.985. The van der Waals surface area contributed by atoms with E-state index >= 15 is 0 Å². The number of carbonyl (C=O) groups excluding carboxylic acids is 3. The normalized spacial score (nSPS) is 19.3. The Morgan fingerprint density at radius 3 is 2.80 bits per heavy atom. The van der Waals surface area contributed by atoms with E-state index in [0.717, 1.165) is 0 Å². The Bertz CT molecular complexity index is 1280. The average molecular weight is 524 g/mol. The van der Waals surface area contributed by atoms with Gasteiger partial charge in [-0.3, -0.25) is 14.5 Å². The summed E-state index contributed by atoms with van der Waals surface area (Å²) in [6.45, 7) is 0.341. The van der Waals surface area contributed by atoms with Crippen LogP contribution in [-0.2, 0) is 35.4 Å². The first kappa shape index (κ1) is 24.2. The minimum Gasteiger partial charge on any atom is -0.479 e. The maximum atomic E-state index is 12.8. The molecule has 2 aliphatic rings. The van der Waals surface area contributed by atoms with Crippen LogP contribution in [-0.4, -0.2) is 68.2 Å². The molecule has 16 heteroatoms. The zero-order chi connectivity index (χ0) is 25.1. The minimum atomic E-state index is -1.29. The Balaban J connectivity index is 1.41. The molecule has 184 valence electrons. The van der Waals surface area contributed by atoms with Crippen molar-refractivity contribution in [3.05, 3.63) is 50.5 Å². The first-order chi connectivity index (χ1) is 16.8. The predicted octanol–water partition coefficient (Wildman–Crippen LogP) is -0.170. The van der Waals surface area contributed by atoms with E-state index in [1.54, 1.807) is 0 Å². The van der Waals surface area contributed by atoms with Crippen molar-refractivity contribution >= 4 is 52.6 Å². The molecular formula is C19H16N4O10S2. The van der Waals surface area contributed by atoms with Crippen molar-refractivity contribution in [1.82, 2.24) is 15.2 Å². The van der Waals surface area contributed by atoms with Gasteiger partial charge in [0.15, 0.2) is 23.8 Å². The molecule has 14 nitrogen and oxygen atoms in total. The lowest BCUT2D eigenvalue weighted by atomic mass is 10.0. The van der Waals surface area contributed by atoms with Crippen LogP contribution in [0.3, 0.4) is 0 Å². The number of amides is 2. The summed E-state index contributed by atoms with van der Waals surface area (Å²) in [5.41, 5.74) is 1.28. The Hall–Kier alpha value is -3.92. The number of nitrogens with one attached hydrogen (secondary N) is 1. The third-order valence-corrected chi connectivity index (χ3v) is 6.52. The number of aliphatic carboxylic acids is 1. The van der Waals surface area contributed by atoms with Crippen LogP contribution in [0.4, 0.5) is 0 Å². The molecule has 1 fully saturated rings. The van der Waals surface area contributed by atoms with E-state index in [1.807, 2.05) is 0 Å². The smallest absolute Gasteiger partial charge is 0.479 e. The maximum Gasteiger partial charge on any atom is 0.519 e. The van der Waals surface area contributed by atoms with Crippen LogP contribution in [0, 0.1) is 6.92 Å². The molecule has 0 bridgehead atoms. The van der Waals surface area contributed by atoms with Gasteiger partial charge in [0, 0.05) is 11.1 Å². The van der Waals surface area contributed by atoms with Crippen molar-refractivity contribution in [2.75, 3.05) is 12.4 Å². The van der Waals surface area contributed by atoms with Gasteiger partial charge in [0.25, 0.3) is 11.8 Å². The highest BCUT2D eigenvalue weighted by Gasteiger charge is 2.53. The van der Waals surface area contributed by atoms with Crippen molar-refractivity contribution < 1.29 is 42.7 Å². The van der Waals surface area contributed by atoms with Crippen LogP contribution in [0.5, 0.6) is 0 Å². The van der Waals surface area contributed by atoms with Crippen molar-refractivity contribution in [3.8, 4) is 0 Å². The third-order valence-electron chi connectivity index (χ3n) is 4.75. The molecule has 1 saturated heterocycles. The van der Waals surface area contributed by atoms with Crippen LogP contribution in [0.1, 0.15) is 17.2 Å². The van der Waals surface area contributed by atoms with Gasteiger partial charge in [0.05, 0.1) is 5.51 Å². The molecule has 2 atom stereocenters. The highest BCUT2D eigenvalue weighted by atomic mass is 32.2. The number of hydrogen-bond acceptors (Lipinski definition) is 13. The molecule has 0 aromatic carbocycles. The highest BCUT2D eigenvalue weighted by molar-refractivity contribution is 8.00. The standard InChI is InChI=1S/C19H16N4O10S2/c1-8-11(33-19(29)32-8)4-30-18(28)10-2-3-35-17-14(16(27)23(10)17)21-15(26)13(9-6-34-7-20-9)22-31-5-12(24)25/h2,6-7,14,17H,3-5H2,1H3,(H,21,26)(H,24,25)/t14?,17-/m1/s1. The number of ether oxygens (including phenoxy) is 1. The molecule has 0 radical (unpaired) electrons. The molecule has 4 heterocycles. The molecule has 35 heavy (non-hydrogen) atoms. The zero-order valence-corrected chi connectivity index (χ0v) is 19.4. The van der Waals surface area contributed by atoms with Crippen LogP contribution in [0.2, 0.25) is 0 Å². The number of esters is 1. The number of rotatable bonds is 9. The third kappa shape index (κ3) is 5.12.